The first-order valence-corrected chi connectivity index (χ1v) is 7.66. The van der Waals surface area contributed by atoms with Crippen LogP contribution in [0, 0.1) is 6.92 Å². The Morgan fingerprint density at radius 2 is 1.71 bits per heavy atom. The number of alkyl halides is 1. The van der Waals surface area contributed by atoms with Gasteiger partial charge in [-0.1, -0.05) is 57.2 Å². The Morgan fingerprint density at radius 1 is 1.05 bits per heavy atom. The molecule has 0 saturated heterocycles. The van der Waals surface area contributed by atoms with E-state index in [1.54, 1.807) is 7.11 Å². The molecule has 0 aliphatic carbocycles. The molecule has 2 heteroatoms. The van der Waals surface area contributed by atoms with E-state index in [0.29, 0.717) is 0 Å². The van der Waals surface area contributed by atoms with E-state index in [4.69, 9.17) is 16.3 Å². The number of methoxy groups -OCH3 is 1. The van der Waals surface area contributed by atoms with E-state index < -0.39 is 0 Å². The van der Waals surface area contributed by atoms with Gasteiger partial charge in [0, 0.05) is 0 Å². The average molecular weight is 303 g/mol. The molecule has 1 atom stereocenters. The average Bonchev–Trinajstić information content (AvgIpc) is 2.45. The van der Waals surface area contributed by atoms with Crippen molar-refractivity contribution in [3.63, 3.8) is 0 Å². The molecule has 0 radical (unpaired) electrons. The highest BCUT2D eigenvalue weighted by atomic mass is 35.5. The topological polar surface area (TPSA) is 9.23 Å². The summed E-state index contributed by atoms with van der Waals surface area (Å²) < 4.78 is 5.32. The van der Waals surface area contributed by atoms with Crippen molar-refractivity contribution in [3.05, 3.63) is 64.7 Å². The van der Waals surface area contributed by atoms with Gasteiger partial charge in [0.05, 0.1) is 12.5 Å². The van der Waals surface area contributed by atoms with Crippen molar-refractivity contribution in [1.82, 2.24) is 0 Å². The lowest BCUT2D eigenvalue weighted by atomic mass is 9.82. The van der Waals surface area contributed by atoms with E-state index in [0.717, 1.165) is 16.9 Å². The Kier molecular flexibility index (Phi) is 4.63. The Hall–Kier alpha value is -1.47. The van der Waals surface area contributed by atoms with E-state index in [1.807, 2.05) is 19.1 Å². The van der Waals surface area contributed by atoms with Crippen LogP contribution in [0.1, 0.15) is 48.4 Å². The van der Waals surface area contributed by atoms with Crippen molar-refractivity contribution in [2.45, 2.75) is 38.5 Å². The van der Waals surface area contributed by atoms with Gasteiger partial charge in [-0.05, 0) is 40.7 Å². The van der Waals surface area contributed by atoms with Crippen molar-refractivity contribution >= 4 is 11.6 Å². The van der Waals surface area contributed by atoms with Gasteiger partial charge in [-0.25, -0.2) is 0 Å². The van der Waals surface area contributed by atoms with Crippen molar-refractivity contribution in [1.29, 1.82) is 0 Å². The standard InChI is InChI=1S/C19H23ClO/c1-13-12-14(10-11-17(13)21-5)18(20)15-8-6-7-9-16(15)19(2,3)4/h6-12,18H,1-5H3. The smallest absolute Gasteiger partial charge is 0.121 e. The van der Waals surface area contributed by atoms with Gasteiger partial charge in [0.1, 0.15) is 5.75 Å². The largest absolute Gasteiger partial charge is 0.496 e. The molecular formula is C19H23ClO. The number of aryl methyl sites for hydroxylation is 1. The number of rotatable bonds is 3. The van der Waals surface area contributed by atoms with Gasteiger partial charge in [0.2, 0.25) is 0 Å². The Labute approximate surface area is 132 Å². The second kappa shape index (κ2) is 6.11. The van der Waals surface area contributed by atoms with Crippen LogP contribution in [0.15, 0.2) is 42.5 Å². The van der Waals surface area contributed by atoms with Crippen molar-refractivity contribution in [3.8, 4) is 5.75 Å². The molecule has 1 unspecified atom stereocenters. The first-order valence-electron chi connectivity index (χ1n) is 7.22. The molecule has 21 heavy (non-hydrogen) atoms. The number of halogens is 1. The minimum absolute atomic E-state index is 0.0747. The SMILES string of the molecule is COc1ccc(C(Cl)c2ccccc2C(C)(C)C)cc1C. The van der Waals surface area contributed by atoms with E-state index in [1.165, 1.54) is 11.1 Å². The zero-order valence-corrected chi connectivity index (χ0v) is 14.2. The minimum Gasteiger partial charge on any atom is -0.496 e. The van der Waals surface area contributed by atoms with Crippen LogP contribution in [-0.2, 0) is 5.41 Å². The molecule has 0 aromatic heterocycles. The zero-order chi connectivity index (χ0) is 15.6. The molecule has 0 saturated carbocycles. The fourth-order valence-electron chi connectivity index (χ4n) is 2.64. The maximum Gasteiger partial charge on any atom is 0.121 e. The van der Waals surface area contributed by atoms with Crippen LogP contribution in [0.25, 0.3) is 0 Å². The molecule has 0 fully saturated rings. The molecule has 2 aromatic carbocycles. The highest BCUT2D eigenvalue weighted by Gasteiger charge is 2.22. The lowest BCUT2D eigenvalue weighted by molar-refractivity contribution is 0.411. The van der Waals surface area contributed by atoms with Crippen LogP contribution in [0.5, 0.6) is 5.75 Å². The molecule has 0 aliphatic rings. The Morgan fingerprint density at radius 3 is 2.29 bits per heavy atom. The summed E-state index contributed by atoms with van der Waals surface area (Å²) in [5, 5.41) is -0.148. The summed E-state index contributed by atoms with van der Waals surface area (Å²) in [6.45, 7) is 8.69. The van der Waals surface area contributed by atoms with Crippen LogP contribution < -0.4 is 4.74 Å². The normalized spacial score (nSPS) is 13.0. The van der Waals surface area contributed by atoms with Gasteiger partial charge >= 0.3 is 0 Å². The summed E-state index contributed by atoms with van der Waals surface area (Å²) in [4.78, 5) is 0. The maximum atomic E-state index is 6.77. The molecule has 2 rings (SSSR count). The minimum atomic E-state index is -0.148. The molecule has 0 amide bonds. The van der Waals surface area contributed by atoms with Crippen LogP contribution in [0.3, 0.4) is 0 Å². The number of benzene rings is 2. The fraction of sp³-hybridized carbons (Fsp3) is 0.368. The number of hydrogen-bond acceptors (Lipinski definition) is 1. The third-order valence-corrected chi connectivity index (χ3v) is 4.24. The van der Waals surface area contributed by atoms with Crippen molar-refractivity contribution < 1.29 is 4.74 Å². The monoisotopic (exact) mass is 302 g/mol. The maximum absolute atomic E-state index is 6.77. The highest BCUT2D eigenvalue weighted by Crippen LogP contribution is 2.37. The summed E-state index contributed by atoms with van der Waals surface area (Å²) >= 11 is 6.77. The molecule has 1 nitrogen and oxygen atoms in total. The summed E-state index contributed by atoms with van der Waals surface area (Å²) in [6, 6.07) is 14.6. The number of hydrogen-bond donors (Lipinski definition) is 0. The Balaban J connectivity index is 2.45. The van der Waals surface area contributed by atoms with Gasteiger partial charge in [-0.3, -0.25) is 0 Å². The van der Waals surface area contributed by atoms with E-state index in [2.05, 4.69) is 51.1 Å². The van der Waals surface area contributed by atoms with E-state index in [-0.39, 0.29) is 10.8 Å². The van der Waals surface area contributed by atoms with Crippen LogP contribution in [-0.4, -0.2) is 7.11 Å². The third kappa shape index (κ3) is 3.41. The molecule has 0 bridgehead atoms. The molecule has 0 N–H and O–H groups in total. The van der Waals surface area contributed by atoms with Gasteiger partial charge < -0.3 is 4.74 Å². The van der Waals surface area contributed by atoms with Crippen molar-refractivity contribution in [2.24, 2.45) is 0 Å². The summed E-state index contributed by atoms with van der Waals surface area (Å²) in [5.41, 5.74) is 4.75. The molecule has 112 valence electrons. The first kappa shape index (κ1) is 15.9. The quantitative estimate of drug-likeness (QED) is 0.668. The third-order valence-electron chi connectivity index (χ3n) is 3.75. The summed E-state index contributed by atoms with van der Waals surface area (Å²) in [6.07, 6.45) is 0. The van der Waals surface area contributed by atoms with Gasteiger partial charge in [-0.2, -0.15) is 0 Å². The molecule has 0 heterocycles. The predicted octanol–water partition coefficient (Wildman–Crippen LogP) is 5.63. The molecule has 2 aromatic rings. The van der Waals surface area contributed by atoms with Crippen LogP contribution in [0.4, 0.5) is 0 Å². The lowest BCUT2D eigenvalue weighted by Crippen LogP contribution is -2.15. The van der Waals surface area contributed by atoms with E-state index in [9.17, 15) is 0 Å². The predicted molar refractivity (Wildman–Crippen MR) is 90.6 cm³/mol. The first-order chi connectivity index (χ1) is 9.84. The van der Waals surface area contributed by atoms with Crippen molar-refractivity contribution in [2.75, 3.05) is 7.11 Å². The van der Waals surface area contributed by atoms with Crippen LogP contribution >= 0.6 is 11.6 Å². The van der Waals surface area contributed by atoms with Gasteiger partial charge in [0.15, 0.2) is 0 Å². The number of ether oxygens (including phenoxy) is 1. The lowest BCUT2D eigenvalue weighted by Gasteiger charge is -2.25. The molecular weight excluding hydrogens is 280 g/mol. The molecule has 0 spiro atoms. The van der Waals surface area contributed by atoms with Gasteiger partial charge in [0.25, 0.3) is 0 Å². The van der Waals surface area contributed by atoms with Crippen LogP contribution in [0.2, 0.25) is 0 Å². The van der Waals surface area contributed by atoms with Gasteiger partial charge in [-0.15, -0.1) is 11.6 Å². The second-order valence-electron chi connectivity index (χ2n) is 6.43. The summed E-state index contributed by atoms with van der Waals surface area (Å²) in [7, 11) is 1.69. The highest BCUT2D eigenvalue weighted by molar-refractivity contribution is 6.22. The Bertz CT molecular complexity index is 626. The second-order valence-corrected chi connectivity index (χ2v) is 6.87. The fourth-order valence-corrected chi connectivity index (χ4v) is 2.97. The van der Waals surface area contributed by atoms with E-state index >= 15 is 0 Å². The summed E-state index contributed by atoms with van der Waals surface area (Å²) in [5.74, 6) is 0.895. The molecule has 0 aliphatic heterocycles. The zero-order valence-electron chi connectivity index (χ0n) is 13.4.